The molecule has 0 saturated carbocycles. The molecule has 2 rings (SSSR count). The summed E-state index contributed by atoms with van der Waals surface area (Å²) in [6.45, 7) is 4.58. The van der Waals surface area contributed by atoms with E-state index in [1.807, 2.05) is 0 Å². The predicted molar refractivity (Wildman–Crippen MR) is 73.2 cm³/mol. The van der Waals surface area contributed by atoms with E-state index in [9.17, 15) is 13.6 Å². The van der Waals surface area contributed by atoms with Crippen LogP contribution in [-0.2, 0) is 11.2 Å². The Labute approximate surface area is 117 Å². The number of carbonyl (C=O) groups is 1. The molecule has 1 saturated heterocycles. The van der Waals surface area contributed by atoms with Crippen LogP contribution in [0.5, 0.6) is 0 Å². The molecule has 2 atom stereocenters. The number of benzene rings is 1. The lowest BCUT2D eigenvalue weighted by molar-refractivity contribution is -0.120. The lowest BCUT2D eigenvalue weighted by atomic mass is 9.88. The monoisotopic (exact) mass is 282 g/mol. The fourth-order valence-electron chi connectivity index (χ4n) is 2.50. The minimum Gasteiger partial charge on any atom is -0.355 e. The predicted octanol–water partition coefficient (Wildman–Crippen LogP) is 1.87. The zero-order valence-electron chi connectivity index (χ0n) is 11.6. The van der Waals surface area contributed by atoms with E-state index in [4.69, 9.17) is 0 Å². The van der Waals surface area contributed by atoms with Crippen molar-refractivity contribution in [2.75, 3.05) is 19.6 Å². The molecule has 1 aliphatic rings. The number of piperidine rings is 1. The normalized spacial score (nSPS) is 22.6. The quantitative estimate of drug-likeness (QED) is 0.885. The summed E-state index contributed by atoms with van der Waals surface area (Å²) in [5.74, 6) is -0.771. The van der Waals surface area contributed by atoms with E-state index >= 15 is 0 Å². The van der Waals surface area contributed by atoms with Crippen LogP contribution in [0.2, 0.25) is 0 Å². The molecule has 5 heteroatoms. The van der Waals surface area contributed by atoms with Crippen molar-refractivity contribution >= 4 is 5.91 Å². The van der Waals surface area contributed by atoms with Crippen molar-refractivity contribution in [2.45, 2.75) is 19.8 Å². The van der Waals surface area contributed by atoms with Crippen molar-refractivity contribution in [3.63, 3.8) is 0 Å². The van der Waals surface area contributed by atoms with E-state index < -0.39 is 11.6 Å². The summed E-state index contributed by atoms with van der Waals surface area (Å²) in [6, 6.07) is 3.62. The highest BCUT2D eigenvalue weighted by molar-refractivity contribution is 5.78. The van der Waals surface area contributed by atoms with Crippen LogP contribution in [0.3, 0.4) is 0 Å². The first-order chi connectivity index (χ1) is 9.58. The topological polar surface area (TPSA) is 41.1 Å². The number of hydrogen-bond acceptors (Lipinski definition) is 2. The van der Waals surface area contributed by atoms with Gasteiger partial charge < -0.3 is 10.6 Å². The Bertz CT molecular complexity index is 459. The van der Waals surface area contributed by atoms with Gasteiger partial charge in [0.05, 0.1) is 6.42 Å². The Morgan fingerprint density at radius 2 is 2.10 bits per heavy atom. The highest BCUT2D eigenvalue weighted by Gasteiger charge is 2.21. The second-order valence-corrected chi connectivity index (χ2v) is 5.41. The summed E-state index contributed by atoms with van der Waals surface area (Å²) < 4.78 is 26.9. The molecule has 1 aliphatic heterocycles. The van der Waals surface area contributed by atoms with Gasteiger partial charge in [-0.1, -0.05) is 13.0 Å². The summed E-state index contributed by atoms with van der Waals surface area (Å²) in [7, 11) is 0. The van der Waals surface area contributed by atoms with Gasteiger partial charge in [-0.3, -0.25) is 4.79 Å². The highest BCUT2D eigenvalue weighted by Crippen LogP contribution is 2.17. The van der Waals surface area contributed by atoms with Crippen LogP contribution in [0.15, 0.2) is 18.2 Å². The fraction of sp³-hybridized carbons (Fsp3) is 0.533. The molecule has 1 aromatic rings. The Balaban J connectivity index is 1.86. The number of hydrogen-bond donors (Lipinski definition) is 2. The maximum Gasteiger partial charge on any atom is 0.224 e. The lowest BCUT2D eigenvalue weighted by Gasteiger charge is -2.29. The maximum absolute atomic E-state index is 13.4. The van der Waals surface area contributed by atoms with Crippen LogP contribution < -0.4 is 10.6 Å². The number of carbonyl (C=O) groups excluding carboxylic acids is 1. The number of amides is 1. The molecule has 1 heterocycles. The van der Waals surface area contributed by atoms with Gasteiger partial charge in [-0.2, -0.15) is 0 Å². The molecular formula is C15H20F2N2O. The van der Waals surface area contributed by atoms with E-state index in [-0.39, 0.29) is 17.9 Å². The lowest BCUT2D eigenvalue weighted by Crippen LogP contribution is -2.42. The zero-order chi connectivity index (χ0) is 14.5. The van der Waals surface area contributed by atoms with Crippen molar-refractivity contribution in [1.29, 1.82) is 0 Å². The molecule has 2 unspecified atom stereocenters. The van der Waals surface area contributed by atoms with E-state index in [0.717, 1.165) is 19.5 Å². The van der Waals surface area contributed by atoms with Gasteiger partial charge in [-0.25, -0.2) is 8.78 Å². The summed E-state index contributed by atoms with van der Waals surface area (Å²) in [4.78, 5) is 11.8. The van der Waals surface area contributed by atoms with Crippen molar-refractivity contribution < 1.29 is 13.6 Å². The fourth-order valence-corrected chi connectivity index (χ4v) is 2.50. The van der Waals surface area contributed by atoms with Crippen molar-refractivity contribution in [1.82, 2.24) is 10.6 Å². The van der Waals surface area contributed by atoms with Crippen molar-refractivity contribution in [3.8, 4) is 0 Å². The van der Waals surface area contributed by atoms with E-state index in [1.165, 1.54) is 18.2 Å². The van der Waals surface area contributed by atoms with Gasteiger partial charge in [0.25, 0.3) is 0 Å². The van der Waals surface area contributed by atoms with Crippen molar-refractivity contribution in [2.24, 2.45) is 11.8 Å². The average molecular weight is 282 g/mol. The molecule has 0 aromatic heterocycles. The Hall–Kier alpha value is -1.49. The minimum atomic E-state index is -0.673. The molecule has 1 amide bonds. The molecule has 110 valence electrons. The van der Waals surface area contributed by atoms with Gasteiger partial charge in [0.2, 0.25) is 5.91 Å². The summed E-state index contributed by atoms with van der Waals surface area (Å²) in [5, 5.41) is 6.06. The summed E-state index contributed by atoms with van der Waals surface area (Å²) in [5.41, 5.74) is -0.167. The Kier molecular flexibility index (Phi) is 5.06. The SMILES string of the molecule is CC1CCNCC1CNC(=O)Cc1c(F)cccc1F. The molecule has 0 aliphatic carbocycles. The molecule has 1 fully saturated rings. The maximum atomic E-state index is 13.4. The Morgan fingerprint density at radius 3 is 2.75 bits per heavy atom. The van der Waals surface area contributed by atoms with Crippen LogP contribution in [0.4, 0.5) is 8.78 Å². The second kappa shape index (κ2) is 6.79. The van der Waals surface area contributed by atoms with Crippen LogP contribution in [0.25, 0.3) is 0 Å². The summed E-state index contributed by atoms with van der Waals surface area (Å²) in [6.07, 6.45) is 0.829. The van der Waals surface area contributed by atoms with Crippen LogP contribution in [0, 0.1) is 23.5 Å². The number of rotatable bonds is 4. The molecule has 3 nitrogen and oxygen atoms in total. The van der Waals surface area contributed by atoms with Crippen LogP contribution in [0.1, 0.15) is 18.9 Å². The first-order valence-corrected chi connectivity index (χ1v) is 6.98. The third kappa shape index (κ3) is 3.76. The van der Waals surface area contributed by atoms with Gasteiger partial charge in [-0.15, -0.1) is 0 Å². The number of halogens is 2. The molecule has 20 heavy (non-hydrogen) atoms. The smallest absolute Gasteiger partial charge is 0.224 e. The first-order valence-electron chi connectivity index (χ1n) is 6.98. The van der Waals surface area contributed by atoms with Gasteiger partial charge in [0.1, 0.15) is 11.6 Å². The first kappa shape index (κ1) is 14.9. The third-order valence-corrected chi connectivity index (χ3v) is 3.95. The molecule has 0 bridgehead atoms. The molecule has 0 radical (unpaired) electrons. The van der Waals surface area contributed by atoms with Crippen molar-refractivity contribution in [3.05, 3.63) is 35.4 Å². The van der Waals surface area contributed by atoms with Crippen LogP contribution >= 0.6 is 0 Å². The molecule has 2 N–H and O–H groups in total. The van der Waals surface area contributed by atoms with Gasteiger partial charge in [0, 0.05) is 12.1 Å². The van der Waals surface area contributed by atoms with Crippen LogP contribution in [-0.4, -0.2) is 25.5 Å². The van der Waals surface area contributed by atoms with E-state index in [0.29, 0.717) is 18.4 Å². The van der Waals surface area contributed by atoms with Gasteiger partial charge in [0.15, 0.2) is 0 Å². The highest BCUT2D eigenvalue weighted by atomic mass is 19.1. The standard InChI is InChI=1S/C15H20F2N2O/c1-10-5-6-18-8-11(10)9-19-15(20)7-12-13(16)3-2-4-14(12)17/h2-4,10-11,18H,5-9H2,1H3,(H,19,20). The average Bonchev–Trinajstić information content (AvgIpc) is 2.42. The second-order valence-electron chi connectivity index (χ2n) is 5.41. The zero-order valence-corrected chi connectivity index (χ0v) is 11.6. The van der Waals surface area contributed by atoms with Gasteiger partial charge in [-0.05, 0) is 43.5 Å². The van der Waals surface area contributed by atoms with Gasteiger partial charge >= 0.3 is 0 Å². The molecule has 0 spiro atoms. The minimum absolute atomic E-state index is 0.167. The largest absolute Gasteiger partial charge is 0.355 e. The summed E-state index contributed by atoms with van der Waals surface area (Å²) >= 11 is 0. The molecular weight excluding hydrogens is 262 g/mol. The third-order valence-electron chi connectivity index (χ3n) is 3.95. The van der Waals surface area contributed by atoms with E-state index in [2.05, 4.69) is 17.6 Å². The Morgan fingerprint density at radius 1 is 1.40 bits per heavy atom. The molecule has 1 aromatic carbocycles. The number of nitrogens with one attached hydrogen (secondary N) is 2. The van der Waals surface area contributed by atoms with E-state index in [1.54, 1.807) is 0 Å².